The summed E-state index contributed by atoms with van der Waals surface area (Å²) in [6.07, 6.45) is 1.43. The van der Waals surface area contributed by atoms with Gasteiger partial charge in [-0.1, -0.05) is 67.6 Å². The number of hydrogen-bond acceptors (Lipinski definition) is 5. The fraction of sp³-hybridized carbons (Fsp3) is 0.355. The number of nitrogens with one attached hydrogen (secondary N) is 1. The van der Waals surface area contributed by atoms with Crippen LogP contribution in [0.3, 0.4) is 0 Å². The highest BCUT2D eigenvalue weighted by molar-refractivity contribution is 7.92. The first-order valence-electron chi connectivity index (χ1n) is 13.3. The van der Waals surface area contributed by atoms with Crippen molar-refractivity contribution in [3.63, 3.8) is 0 Å². The third-order valence-corrected chi connectivity index (χ3v) is 7.27. The SMILES string of the molecule is CC[C@H](C(=O)NC(C)(C)C)N(Cc1ccccc1)C(=O)CN(c1ccc(OCc2ccccc2)cc1)S(C)(=O)=O. The van der Waals surface area contributed by atoms with Crippen LogP contribution in [-0.4, -0.2) is 49.5 Å². The molecule has 8 nitrogen and oxygen atoms in total. The van der Waals surface area contributed by atoms with Crippen molar-refractivity contribution in [1.82, 2.24) is 10.2 Å². The first-order chi connectivity index (χ1) is 18.9. The molecular weight excluding hydrogens is 526 g/mol. The molecular formula is C31H39N3O5S. The highest BCUT2D eigenvalue weighted by Crippen LogP contribution is 2.23. The maximum atomic E-state index is 13.8. The number of amides is 2. The number of anilines is 1. The number of nitrogens with zero attached hydrogens (tertiary/aromatic N) is 2. The Kier molecular flexibility index (Phi) is 10.3. The summed E-state index contributed by atoms with van der Waals surface area (Å²) in [6.45, 7) is 7.55. The Morgan fingerprint density at radius 1 is 0.875 bits per heavy atom. The molecule has 0 saturated carbocycles. The molecule has 3 aromatic carbocycles. The molecule has 0 saturated heterocycles. The van der Waals surface area contributed by atoms with E-state index >= 15 is 0 Å². The van der Waals surface area contributed by atoms with Gasteiger partial charge in [0.2, 0.25) is 21.8 Å². The standard InChI is InChI=1S/C31H39N3O5S/c1-6-28(30(36)32-31(2,3)4)33(21-24-13-9-7-10-14-24)29(35)22-34(40(5,37)38)26-17-19-27(20-18-26)39-23-25-15-11-8-12-16-25/h7-20,28H,6,21-23H2,1-5H3,(H,32,36)/t28-/m1/s1. The largest absolute Gasteiger partial charge is 0.489 e. The highest BCUT2D eigenvalue weighted by Gasteiger charge is 2.33. The molecule has 0 aliphatic carbocycles. The topological polar surface area (TPSA) is 96.0 Å². The minimum Gasteiger partial charge on any atom is -0.489 e. The van der Waals surface area contributed by atoms with Crippen LogP contribution in [0.15, 0.2) is 84.9 Å². The lowest BCUT2D eigenvalue weighted by atomic mass is 10.1. The number of rotatable bonds is 12. The molecule has 0 bridgehead atoms. The van der Waals surface area contributed by atoms with Gasteiger partial charge in [0, 0.05) is 12.1 Å². The summed E-state index contributed by atoms with van der Waals surface area (Å²) >= 11 is 0. The van der Waals surface area contributed by atoms with Crippen LogP contribution in [-0.2, 0) is 32.8 Å². The number of hydrogen-bond donors (Lipinski definition) is 1. The molecule has 0 radical (unpaired) electrons. The fourth-order valence-corrected chi connectivity index (χ4v) is 5.07. The summed E-state index contributed by atoms with van der Waals surface area (Å²) in [5, 5.41) is 2.96. The Morgan fingerprint density at radius 3 is 1.93 bits per heavy atom. The third kappa shape index (κ3) is 9.12. The van der Waals surface area contributed by atoms with Crippen molar-refractivity contribution in [3.8, 4) is 5.75 Å². The Bertz CT molecular complexity index is 1360. The van der Waals surface area contributed by atoms with Crippen LogP contribution in [0.1, 0.15) is 45.2 Å². The van der Waals surface area contributed by atoms with Gasteiger partial charge in [-0.15, -0.1) is 0 Å². The zero-order chi connectivity index (χ0) is 29.3. The van der Waals surface area contributed by atoms with Gasteiger partial charge < -0.3 is 15.0 Å². The predicted octanol–water partition coefficient (Wildman–Crippen LogP) is 4.75. The highest BCUT2D eigenvalue weighted by atomic mass is 32.2. The van der Waals surface area contributed by atoms with Crippen molar-refractivity contribution in [2.75, 3.05) is 17.1 Å². The molecule has 0 aliphatic heterocycles. The molecule has 1 atom stereocenters. The van der Waals surface area contributed by atoms with E-state index in [0.29, 0.717) is 24.5 Å². The summed E-state index contributed by atoms with van der Waals surface area (Å²) in [7, 11) is -3.82. The number of ether oxygens (including phenoxy) is 1. The lowest BCUT2D eigenvalue weighted by Crippen LogP contribution is -2.55. The van der Waals surface area contributed by atoms with E-state index in [9.17, 15) is 18.0 Å². The van der Waals surface area contributed by atoms with E-state index in [-0.39, 0.29) is 12.5 Å². The first-order valence-corrected chi connectivity index (χ1v) is 15.1. The van der Waals surface area contributed by atoms with Crippen molar-refractivity contribution in [3.05, 3.63) is 96.1 Å². The molecule has 0 heterocycles. The predicted molar refractivity (Wildman–Crippen MR) is 158 cm³/mol. The van der Waals surface area contributed by atoms with E-state index in [4.69, 9.17) is 4.74 Å². The zero-order valence-electron chi connectivity index (χ0n) is 23.8. The molecule has 40 heavy (non-hydrogen) atoms. The van der Waals surface area contributed by atoms with Gasteiger partial charge >= 0.3 is 0 Å². The van der Waals surface area contributed by atoms with Crippen molar-refractivity contribution >= 4 is 27.5 Å². The van der Waals surface area contributed by atoms with Crippen LogP contribution in [0.25, 0.3) is 0 Å². The second kappa shape index (κ2) is 13.5. The maximum absolute atomic E-state index is 13.8. The number of carbonyl (C=O) groups is 2. The van der Waals surface area contributed by atoms with Gasteiger partial charge in [0.25, 0.3) is 0 Å². The minimum absolute atomic E-state index is 0.166. The molecule has 2 amide bonds. The van der Waals surface area contributed by atoms with Crippen LogP contribution >= 0.6 is 0 Å². The Balaban J connectivity index is 1.85. The molecule has 214 valence electrons. The van der Waals surface area contributed by atoms with Crippen LogP contribution < -0.4 is 14.4 Å². The first kappa shape index (κ1) is 30.7. The molecule has 0 unspecified atom stereocenters. The second-order valence-corrected chi connectivity index (χ2v) is 12.6. The molecule has 3 rings (SSSR count). The molecule has 3 aromatic rings. The Hall–Kier alpha value is -3.85. The monoisotopic (exact) mass is 565 g/mol. The van der Waals surface area contributed by atoms with Gasteiger partial charge in [0.15, 0.2) is 0 Å². The van der Waals surface area contributed by atoms with Gasteiger partial charge in [-0.2, -0.15) is 0 Å². The summed E-state index contributed by atoms with van der Waals surface area (Å²) in [4.78, 5) is 28.5. The van der Waals surface area contributed by atoms with Gasteiger partial charge in [-0.25, -0.2) is 8.42 Å². The lowest BCUT2D eigenvalue weighted by Gasteiger charge is -2.34. The maximum Gasteiger partial charge on any atom is 0.244 e. The van der Waals surface area contributed by atoms with E-state index in [1.807, 2.05) is 88.4 Å². The van der Waals surface area contributed by atoms with Crippen LogP contribution in [0.4, 0.5) is 5.69 Å². The van der Waals surface area contributed by atoms with Gasteiger partial charge in [-0.3, -0.25) is 13.9 Å². The van der Waals surface area contributed by atoms with E-state index < -0.39 is 34.1 Å². The summed E-state index contributed by atoms with van der Waals surface area (Å²) in [5.41, 5.74) is 1.68. The second-order valence-electron chi connectivity index (χ2n) is 10.7. The summed E-state index contributed by atoms with van der Waals surface area (Å²) in [6, 6.07) is 24.8. The zero-order valence-corrected chi connectivity index (χ0v) is 24.6. The molecule has 0 spiro atoms. The summed E-state index contributed by atoms with van der Waals surface area (Å²) < 4.78 is 32.6. The van der Waals surface area contributed by atoms with Crippen molar-refractivity contribution in [2.45, 2.75) is 58.8 Å². The average Bonchev–Trinajstić information content (AvgIpc) is 2.90. The van der Waals surface area contributed by atoms with Crippen molar-refractivity contribution in [1.29, 1.82) is 0 Å². The number of carbonyl (C=O) groups excluding carboxylic acids is 2. The van der Waals surface area contributed by atoms with Crippen LogP contribution in [0.2, 0.25) is 0 Å². The smallest absolute Gasteiger partial charge is 0.244 e. The molecule has 9 heteroatoms. The number of benzene rings is 3. The molecule has 0 aliphatic rings. The lowest BCUT2D eigenvalue weighted by molar-refractivity contribution is -0.141. The quantitative estimate of drug-likeness (QED) is 0.342. The van der Waals surface area contributed by atoms with Gasteiger partial charge in [0.1, 0.15) is 24.9 Å². The average molecular weight is 566 g/mol. The molecule has 1 N–H and O–H groups in total. The molecule has 0 fully saturated rings. The number of sulfonamides is 1. The van der Waals surface area contributed by atoms with Gasteiger partial charge in [-0.05, 0) is 62.6 Å². The normalized spacial score (nSPS) is 12.3. The van der Waals surface area contributed by atoms with Crippen molar-refractivity contribution < 1.29 is 22.7 Å². The molecule has 0 aromatic heterocycles. The Morgan fingerprint density at radius 2 is 1.43 bits per heavy atom. The van der Waals surface area contributed by atoms with E-state index in [0.717, 1.165) is 21.7 Å². The Labute approximate surface area is 238 Å². The summed E-state index contributed by atoms with van der Waals surface area (Å²) in [5.74, 6) is -0.192. The fourth-order valence-electron chi connectivity index (χ4n) is 4.22. The van der Waals surface area contributed by atoms with Crippen LogP contribution in [0, 0.1) is 0 Å². The van der Waals surface area contributed by atoms with E-state index in [2.05, 4.69) is 5.32 Å². The van der Waals surface area contributed by atoms with E-state index in [1.54, 1.807) is 24.3 Å². The van der Waals surface area contributed by atoms with Crippen molar-refractivity contribution in [2.24, 2.45) is 0 Å². The van der Waals surface area contributed by atoms with Crippen LogP contribution in [0.5, 0.6) is 5.75 Å². The minimum atomic E-state index is -3.82. The van der Waals surface area contributed by atoms with Gasteiger partial charge in [0.05, 0.1) is 11.9 Å². The third-order valence-electron chi connectivity index (χ3n) is 6.13. The van der Waals surface area contributed by atoms with E-state index in [1.165, 1.54) is 4.90 Å².